The number of phenolic OH excluding ortho intramolecular Hbond substituents is 2. The van der Waals surface area contributed by atoms with E-state index >= 15 is 0 Å². The molecule has 3 rings (SSSR count). The maximum atomic E-state index is 12.8. The number of benzene rings is 2. The summed E-state index contributed by atoms with van der Waals surface area (Å²) < 4.78 is 0. The van der Waals surface area contributed by atoms with Crippen LogP contribution in [0.4, 0.5) is 0 Å². The summed E-state index contributed by atoms with van der Waals surface area (Å²) in [6.45, 7) is 2.57. The molecule has 0 aliphatic carbocycles. The van der Waals surface area contributed by atoms with Crippen molar-refractivity contribution in [3.63, 3.8) is 0 Å². The van der Waals surface area contributed by atoms with Crippen LogP contribution in [0.2, 0.25) is 0 Å². The van der Waals surface area contributed by atoms with E-state index in [2.05, 4.69) is 0 Å². The number of nitrogens with zero attached hydrogens (tertiary/aromatic N) is 1. The summed E-state index contributed by atoms with van der Waals surface area (Å²) in [4.78, 5) is 14.5. The molecule has 25 heavy (non-hydrogen) atoms. The van der Waals surface area contributed by atoms with Crippen LogP contribution in [0.15, 0.2) is 48.5 Å². The zero-order valence-corrected chi connectivity index (χ0v) is 14.2. The van der Waals surface area contributed by atoms with Crippen LogP contribution in [0.25, 0.3) is 0 Å². The number of hydrogen-bond acceptors (Lipinski definition) is 4. The van der Waals surface area contributed by atoms with Gasteiger partial charge in [0.25, 0.3) is 5.91 Å². The fraction of sp³-hybridized carbons (Fsp3) is 0.350. The smallest absolute Gasteiger partial charge is 0.258 e. The van der Waals surface area contributed by atoms with Crippen LogP contribution < -0.4 is 0 Å². The molecule has 3 N–H and O–H groups in total. The first kappa shape index (κ1) is 17.3. The topological polar surface area (TPSA) is 81.0 Å². The standard InChI is InChI=1S/C20H23NO4/c1-20(25,15-5-3-2-4-6-15)19(24)21-11-9-14(10-12-21)17-8-7-16(22)13-18(17)23/h2-8,13-14,22-23,25H,9-12H2,1H3. The number of amides is 1. The van der Waals surface area contributed by atoms with Crippen LogP contribution in [0.1, 0.15) is 36.8 Å². The molecular formula is C20H23NO4. The molecule has 1 fully saturated rings. The molecule has 2 aromatic carbocycles. The van der Waals surface area contributed by atoms with E-state index in [0.29, 0.717) is 31.5 Å². The Kier molecular flexibility index (Phi) is 4.68. The molecule has 1 saturated heterocycles. The third-order valence-corrected chi connectivity index (χ3v) is 4.99. The van der Waals surface area contributed by atoms with Crippen LogP contribution in [-0.4, -0.2) is 39.2 Å². The second-order valence-corrected chi connectivity index (χ2v) is 6.75. The summed E-state index contributed by atoms with van der Waals surface area (Å²) in [7, 11) is 0. The van der Waals surface area contributed by atoms with Gasteiger partial charge in [0.2, 0.25) is 0 Å². The maximum Gasteiger partial charge on any atom is 0.258 e. The molecule has 1 aliphatic heterocycles. The van der Waals surface area contributed by atoms with E-state index in [-0.39, 0.29) is 23.3 Å². The Bertz CT molecular complexity index is 750. The number of likely N-dealkylation sites (tertiary alicyclic amines) is 1. The van der Waals surface area contributed by atoms with Crippen molar-refractivity contribution >= 4 is 5.91 Å². The van der Waals surface area contributed by atoms with Crippen molar-refractivity contribution in [3.05, 3.63) is 59.7 Å². The van der Waals surface area contributed by atoms with Crippen molar-refractivity contribution in [1.82, 2.24) is 4.90 Å². The Morgan fingerprint density at radius 2 is 1.72 bits per heavy atom. The van der Waals surface area contributed by atoms with Crippen LogP contribution in [0.5, 0.6) is 11.5 Å². The molecule has 5 heteroatoms. The Morgan fingerprint density at radius 1 is 1.08 bits per heavy atom. The van der Waals surface area contributed by atoms with Gasteiger partial charge in [-0.05, 0) is 42.9 Å². The molecule has 5 nitrogen and oxygen atoms in total. The third-order valence-electron chi connectivity index (χ3n) is 4.99. The summed E-state index contributed by atoms with van der Waals surface area (Å²) in [5.74, 6) is -0.0489. The second-order valence-electron chi connectivity index (χ2n) is 6.75. The number of piperidine rings is 1. The van der Waals surface area contributed by atoms with Gasteiger partial charge in [-0.25, -0.2) is 0 Å². The Labute approximate surface area is 147 Å². The Morgan fingerprint density at radius 3 is 2.32 bits per heavy atom. The molecule has 1 aliphatic rings. The molecule has 1 amide bonds. The zero-order valence-electron chi connectivity index (χ0n) is 14.2. The first-order chi connectivity index (χ1) is 11.9. The average molecular weight is 341 g/mol. The Hall–Kier alpha value is -2.53. The van der Waals surface area contributed by atoms with Crippen molar-refractivity contribution in [2.24, 2.45) is 0 Å². The normalized spacial score (nSPS) is 17.9. The fourth-order valence-electron chi connectivity index (χ4n) is 3.46. The van der Waals surface area contributed by atoms with Crippen molar-refractivity contribution in [2.45, 2.75) is 31.3 Å². The highest BCUT2D eigenvalue weighted by Gasteiger charge is 2.37. The minimum atomic E-state index is -1.55. The quantitative estimate of drug-likeness (QED) is 0.802. The molecule has 0 aromatic heterocycles. The molecule has 1 unspecified atom stereocenters. The lowest BCUT2D eigenvalue weighted by Crippen LogP contribution is -2.48. The molecule has 132 valence electrons. The lowest BCUT2D eigenvalue weighted by Gasteiger charge is -2.36. The highest BCUT2D eigenvalue weighted by Crippen LogP contribution is 2.36. The summed E-state index contributed by atoms with van der Waals surface area (Å²) in [5.41, 5.74) is -0.174. The Balaban J connectivity index is 1.68. The predicted octanol–water partition coefficient (Wildman–Crippen LogP) is 2.71. The van der Waals surface area contributed by atoms with E-state index in [4.69, 9.17) is 0 Å². The average Bonchev–Trinajstić information content (AvgIpc) is 2.62. The zero-order chi connectivity index (χ0) is 18.0. The highest BCUT2D eigenvalue weighted by atomic mass is 16.3. The lowest BCUT2D eigenvalue weighted by molar-refractivity contribution is -0.151. The van der Waals surface area contributed by atoms with Gasteiger partial charge in [-0.1, -0.05) is 36.4 Å². The van der Waals surface area contributed by atoms with E-state index in [9.17, 15) is 20.1 Å². The van der Waals surface area contributed by atoms with Crippen molar-refractivity contribution < 1.29 is 20.1 Å². The van der Waals surface area contributed by atoms with Crippen molar-refractivity contribution in [2.75, 3.05) is 13.1 Å². The van der Waals surface area contributed by atoms with E-state index in [1.807, 2.05) is 6.07 Å². The fourth-order valence-corrected chi connectivity index (χ4v) is 3.46. The first-order valence-corrected chi connectivity index (χ1v) is 8.48. The monoisotopic (exact) mass is 341 g/mol. The number of aromatic hydroxyl groups is 2. The summed E-state index contributed by atoms with van der Waals surface area (Å²) in [5, 5.41) is 30.1. The molecule has 1 atom stereocenters. The summed E-state index contributed by atoms with van der Waals surface area (Å²) in [6.07, 6.45) is 1.41. The number of phenols is 2. The van der Waals surface area contributed by atoms with Crippen LogP contribution in [-0.2, 0) is 10.4 Å². The number of carbonyl (C=O) groups excluding carboxylic acids is 1. The minimum Gasteiger partial charge on any atom is -0.508 e. The molecule has 0 bridgehead atoms. The molecule has 0 radical (unpaired) electrons. The number of carbonyl (C=O) groups is 1. The van der Waals surface area contributed by atoms with E-state index in [0.717, 1.165) is 5.56 Å². The number of aliphatic hydroxyl groups is 1. The van der Waals surface area contributed by atoms with E-state index in [1.165, 1.54) is 13.0 Å². The predicted molar refractivity (Wildman–Crippen MR) is 94.3 cm³/mol. The van der Waals surface area contributed by atoms with Gasteiger partial charge in [-0.2, -0.15) is 0 Å². The van der Waals surface area contributed by atoms with Gasteiger partial charge in [-0.3, -0.25) is 4.79 Å². The third kappa shape index (κ3) is 3.46. The first-order valence-electron chi connectivity index (χ1n) is 8.48. The number of rotatable bonds is 3. The van der Waals surface area contributed by atoms with Gasteiger partial charge in [0.05, 0.1) is 0 Å². The van der Waals surface area contributed by atoms with Crippen LogP contribution in [0.3, 0.4) is 0 Å². The maximum absolute atomic E-state index is 12.8. The van der Waals surface area contributed by atoms with Gasteiger partial charge in [0.15, 0.2) is 5.60 Å². The number of hydrogen-bond donors (Lipinski definition) is 3. The molecular weight excluding hydrogens is 318 g/mol. The van der Waals surface area contributed by atoms with E-state index < -0.39 is 5.60 Å². The molecule has 0 spiro atoms. The second kappa shape index (κ2) is 6.76. The van der Waals surface area contributed by atoms with E-state index in [1.54, 1.807) is 41.3 Å². The van der Waals surface area contributed by atoms with Crippen molar-refractivity contribution in [3.8, 4) is 11.5 Å². The summed E-state index contributed by atoms with van der Waals surface area (Å²) in [6, 6.07) is 13.6. The SMILES string of the molecule is CC(O)(C(=O)N1CCC(c2ccc(O)cc2O)CC1)c1ccccc1. The van der Waals surface area contributed by atoms with Gasteiger partial charge < -0.3 is 20.2 Å². The van der Waals surface area contributed by atoms with Gasteiger partial charge in [0, 0.05) is 19.2 Å². The summed E-state index contributed by atoms with van der Waals surface area (Å²) >= 11 is 0. The van der Waals surface area contributed by atoms with Gasteiger partial charge >= 0.3 is 0 Å². The van der Waals surface area contributed by atoms with Crippen LogP contribution in [0, 0.1) is 0 Å². The minimum absolute atomic E-state index is 0.0350. The highest BCUT2D eigenvalue weighted by molar-refractivity contribution is 5.86. The molecule has 1 heterocycles. The molecule has 0 saturated carbocycles. The van der Waals surface area contributed by atoms with Crippen LogP contribution >= 0.6 is 0 Å². The van der Waals surface area contributed by atoms with Crippen molar-refractivity contribution in [1.29, 1.82) is 0 Å². The van der Waals surface area contributed by atoms with Gasteiger partial charge in [0.1, 0.15) is 11.5 Å². The molecule has 2 aromatic rings. The van der Waals surface area contributed by atoms with Gasteiger partial charge in [-0.15, -0.1) is 0 Å². The lowest BCUT2D eigenvalue weighted by atomic mass is 9.87. The largest absolute Gasteiger partial charge is 0.508 e.